The van der Waals surface area contributed by atoms with Crippen LogP contribution >= 0.6 is 0 Å². The smallest absolute Gasteiger partial charge is 0.335 e. The molecular formula is C17H19NO3. The maximum atomic E-state index is 10.8. The number of aromatic carboxylic acids is 1. The van der Waals surface area contributed by atoms with Gasteiger partial charge >= 0.3 is 5.97 Å². The summed E-state index contributed by atoms with van der Waals surface area (Å²) in [5.41, 5.74) is 3.33. The van der Waals surface area contributed by atoms with Crippen molar-refractivity contribution in [3.05, 3.63) is 64.7 Å². The van der Waals surface area contributed by atoms with Gasteiger partial charge in [-0.3, -0.25) is 4.90 Å². The van der Waals surface area contributed by atoms with Crippen LogP contribution in [0.15, 0.2) is 42.5 Å². The fourth-order valence-corrected chi connectivity index (χ4v) is 2.25. The highest BCUT2D eigenvalue weighted by molar-refractivity contribution is 5.87. The molecule has 4 heteroatoms. The molecule has 0 saturated carbocycles. The molecule has 0 radical (unpaired) electrons. The summed E-state index contributed by atoms with van der Waals surface area (Å²) in [5.74, 6) is -0.617. The molecule has 0 fully saturated rings. The molecule has 0 spiro atoms. The number of phenols is 1. The van der Waals surface area contributed by atoms with Crippen LogP contribution in [0.25, 0.3) is 0 Å². The van der Waals surface area contributed by atoms with Gasteiger partial charge in [-0.2, -0.15) is 0 Å². The van der Waals surface area contributed by atoms with Gasteiger partial charge in [-0.05, 0) is 37.7 Å². The van der Waals surface area contributed by atoms with Gasteiger partial charge in [0.25, 0.3) is 0 Å². The SMILES string of the molecule is Cc1ccc(O)c(CN(C)Cc2ccc(C(=O)O)cc2)c1. The van der Waals surface area contributed by atoms with Gasteiger partial charge in [0.2, 0.25) is 0 Å². The molecule has 0 amide bonds. The van der Waals surface area contributed by atoms with Crippen LogP contribution in [-0.2, 0) is 13.1 Å². The number of rotatable bonds is 5. The molecule has 110 valence electrons. The normalized spacial score (nSPS) is 10.8. The summed E-state index contributed by atoms with van der Waals surface area (Å²) in [6.45, 7) is 3.31. The summed E-state index contributed by atoms with van der Waals surface area (Å²) in [7, 11) is 1.97. The summed E-state index contributed by atoms with van der Waals surface area (Å²) in [6.07, 6.45) is 0. The van der Waals surface area contributed by atoms with Crippen molar-refractivity contribution in [2.45, 2.75) is 20.0 Å². The fraction of sp³-hybridized carbons (Fsp3) is 0.235. The number of aromatic hydroxyl groups is 1. The van der Waals surface area contributed by atoms with E-state index in [4.69, 9.17) is 5.11 Å². The number of aryl methyl sites for hydroxylation is 1. The molecule has 0 unspecified atom stereocenters. The van der Waals surface area contributed by atoms with Crippen LogP contribution in [0.5, 0.6) is 5.75 Å². The molecule has 0 aliphatic carbocycles. The van der Waals surface area contributed by atoms with Crippen molar-refractivity contribution in [3.63, 3.8) is 0 Å². The first-order chi connectivity index (χ1) is 9.95. The molecule has 0 aromatic heterocycles. The molecule has 0 saturated heterocycles. The Balaban J connectivity index is 2.02. The molecule has 21 heavy (non-hydrogen) atoms. The molecule has 4 nitrogen and oxygen atoms in total. The largest absolute Gasteiger partial charge is 0.508 e. The van der Waals surface area contributed by atoms with Crippen molar-refractivity contribution in [1.82, 2.24) is 4.90 Å². The molecule has 0 aliphatic rings. The van der Waals surface area contributed by atoms with E-state index in [0.717, 1.165) is 16.7 Å². The Kier molecular flexibility index (Phi) is 4.60. The highest BCUT2D eigenvalue weighted by atomic mass is 16.4. The van der Waals surface area contributed by atoms with Crippen LogP contribution in [0, 0.1) is 6.92 Å². The quantitative estimate of drug-likeness (QED) is 0.886. The lowest BCUT2D eigenvalue weighted by atomic mass is 10.1. The van der Waals surface area contributed by atoms with Crippen molar-refractivity contribution in [1.29, 1.82) is 0 Å². The number of nitrogens with zero attached hydrogens (tertiary/aromatic N) is 1. The van der Waals surface area contributed by atoms with E-state index in [0.29, 0.717) is 18.8 Å². The van der Waals surface area contributed by atoms with Crippen LogP contribution < -0.4 is 0 Å². The first-order valence-corrected chi connectivity index (χ1v) is 6.75. The van der Waals surface area contributed by atoms with E-state index in [1.165, 1.54) is 0 Å². The van der Waals surface area contributed by atoms with Crippen molar-refractivity contribution in [2.75, 3.05) is 7.05 Å². The van der Waals surface area contributed by atoms with E-state index >= 15 is 0 Å². The van der Waals surface area contributed by atoms with Gasteiger partial charge in [0, 0.05) is 18.7 Å². The van der Waals surface area contributed by atoms with Gasteiger partial charge in [0.15, 0.2) is 0 Å². The molecule has 2 rings (SSSR count). The Morgan fingerprint density at radius 3 is 2.38 bits per heavy atom. The average Bonchev–Trinajstić information content (AvgIpc) is 2.43. The van der Waals surface area contributed by atoms with E-state index in [1.54, 1.807) is 18.2 Å². The third kappa shape index (κ3) is 4.07. The van der Waals surface area contributed by atoms with Crippen molar-refractivity contribution in [3.8, 4) is 5.75 Å². The van der Waals surface area contributed by atoms with Crippen LogP contribution in [0.4, 0.5) is 0 Å². The maximum Gasteiger partial charge on any atom is 0.335 e. The number of phenolic OH excluding ortho intramolecular Hbond substituents is 1. The summed E-state index contributed by atoms with van der Waals surface area (Å²) in [5, 5.41) is 18.7. The van der Waals surface area contributed by atoms with E-state index in [1.807, 2.05) is 38.2 Å². The third-order valence-corrected chi connectivity index (χ3v) is 3.33. The Labute approximate surface area is 124 Å². The van der Waals surface area contributed by atoms with E-state index in [-0.39, 0.29) is 5.56 Å². The lowest BCUT2D eigenvalue weighted by Gasteiger charge is -2.18. The number of hydrogen-bond donors (Lipinski definition) is 2. The van der Waals surface area contributed by atoms with E-state index < -0.39 is 5.97 Å². The number of hydrogen-bond acceptors (Lipinski definition) is 3. The molecule has 2 aromatic rings. The molecule has 2 aromatic carbocycles. The van der Waals surface area contributed by atoms with E-state index in [9.17, 15) is 9.90 Å². The predicted molar refractivity (Wildman–Crippen MR) is 81.4 cm³/mol. The lowest BCUT2D eigenvalue weighted by Crippen LogP contribution is -2.17. The monoisotopic (exact) mass is 285 g/mol. The zero-order valence-corrected chi connectivity index (χ0v) is 12.2. The van der Waals surface area contributed by atoms with Gasteiger partial charge in [0.1, 0.15) is 5.75 Å². The minimum Gasteiger partial charge on any atom is -0.508 e. The highest BCUT2D eigenvalue weighted by Crippen LogP contribution is 2.20. The topological polar surface area (TPSA) is 60.8 Å². The van der Waals surface area contributed by atoms with Gasteiger partial charge in [-0.1, -0.05) is 29.8 Å². The fourth-order valence-electron chi connectivity index (χ4n) is 2.25. The van der Waals surface area contributed by atoms with Crippen LogP contribution in [0.2, 0.25) is 0 Å². The zero-order chi connectivity index (χ0) is 15.4. The second-order valence-electron chi connectivity index (χ2n) is 5.31. The summed E-state index contributed by atoms with van der Waals surface area (Å²) < 4.78 is 0. The Hall–Kier alpha value is -2.33. The summed E-state index contributed by atoms with van der Waals surface area (Å²) >= 11 is 0. The minimum atomic E-state index is -0.917. The van der Waals surface area contributed by atoms with Gasteiger partial charge < -0.3 is 10.2 Å². The van der Waals surface area contributed by atoms with Gasteiger partial charge in [0.05, 0.1) is 5.56 Å². The number of carboxylic acids is 1. The maximum absolute atomic E-state index is 10.8. The van der Waals surface area contributed by atoms with Crippen molar-refractivity contribution in [2.24, 2.45) is 0 Å². The average molecular weight is 285 g/mol. The van der Waals surface area contributed by atoms with Gasteiger partial charge in [-0.15, -0.1) is 0 Å². The van der Waals surface area contributed by atoms with Gasteiger partial charge in [-0.25, -0.2) is 4.79 Å². The molecule has 0 aliphatic heterocycles. The van der Waals surface area contributed by atoms with Crippen LogP contribution in [-0.4, -0.2) is 28.1 Å². The molecule has 0 heterocycles. The first-order valence-electron chi connectivity index (χ1n) is 6.75. The number of benzene rings is 2. The highest BCUT2D eigenvalue weighted by Gasteiger charge is 2.07. The standard InChI is InChI=1S/C17H19NO3/c1-12-3-8-16(19)15(9-12)11-18(2)10-13-4-6-14(7-5-13)17(20)21/h3-9,19H,10-11H2,1-2H3,(H,20,21). The summed E-state index contributed by atoms with van der Waals surface area (Å²) in [4.78, 5) is 12.9. The van der Waals surface area contributed by atoms with Crippen molar-refractivity contribution >= 4 is 5.97 Å². The number of carboxylic acid groups (broad SMARTS) is 1. The van der Waals surface area contributed by atoms with Crippen molar-refractivity contribution < 1.29 is 15.0 Å². The summed E-state index contributed by atoms with van der Waals surface area (Å²) in [6, 6.07) is 12.4. The zero-order valence-electron chi connectivity index (χ0n) is 12.2. The molecule has 0 bridgehead atoms. The Morgan fingerprint density at radius 2 is 1.76 bits per heavy atom. The molecular weight excluding hydrogens is 266 g/mol. The lowest BCUT2D eigenvalue weighted by molar-refractivity contribution is 0.0697. The van der Waals surface area contributed by atoms with Crippen LogP contribution in [0.1, 0.15) is 27.0 Å². The molecule has 2 N–H and O–H groups in total. The predicted octanol–water partition coefficient (Wildman–Crippen LogP) is 3.03. The van der Waals surface area contributed by atoms with Crippen LogP contribution in [0.3, 0.4) is 0 Å². The first kappa shape index (κ1) is 15.1. The minimum absolute atomic E-state index is 0.290. The Bertz CT molecular complexity index is 635. The number of carbonyl (C=O) groups is 1. The Morgan fingerprint density at radius 1 is 1.10 bits per heavy atom. The third-order valence-electron chi connectivity index (χ3n) is 3.33. The second-order valence-corrected chi connectivity index (χ2v) is 5.31. The second kappa shape index (κ2) is 6.41. The van der Waals surface area contributed by atoms with E-state index in [2.05, 4.69) is 4.90 Å². The molecule has 0 atom stereocenters.